The molecule has 1 N–H and O–H groups in total. The second-order valence-electron chi connectivity index (χ2n) is 5.96. The molecule has 2 aromatic heterocycles. The van der Waals surface area contributed by atoms with Gasteiger partial charge in [-0.1, -0.05) is 12.1 Å². The summed E-state index contributed by atoms with van der Waals surface area (Å²) in [7, 11) is 0. The Labute approximate surface area is 146 Å². The predicted octanol–water partition coefficient (Wildman–Crippen LogP) is 5.03. The summed E-state index contributed by atoms with van der Waals surface area (Å²) in [6.45, 7) is 2.70. The molecule has 3 nitrogen and oxygen atoms in total. The molecule has 24 heavy (non-hydrogen) atoms. The summed E-state index contributed by atoms with van der Waals surface area (Å²) in [6.07, 6.45) is 6.07. The summed E-state index contributed by atoms with van der Waals surface area (Å²) in [6, 6.07) is 10.6. The zero-order valence-electron chi connectivity index (χ0n) is 13.7. The summed E-state index contributed by atoms with van der Waals surface area (Å²) in [5, 5.41) is 3.48. The van der Waals surface area contributed by atoms with Crippen LogP contribution in [0.5, 0.6) is 5.75 Å². The summed E-state index contributed by atoms with van der Waals surface area (Å²) < 4.78 is 5.61. The normalized spacial score (nSPS) is 14.1. The van der Waals surface area contributed by atoms with Gasteiger partial charge in [0.1, 0.15) is 11.4 Å². The first-order valence-electron chi connectivity index (χ1n) is 8.32. The molecule has 3 aromatic rings. The van der Waals surface area contributed by atoms with Gasteiger partial charge >= 0.3 is 0 Å². The third-order valence-electron chi connectivity index (χ3n) is 4.31. The van der Waals surface area contributed by atoms with Crippen LogP contribution < -0.4 is 4.74 Å². The molecule has 4 rings (SSSR count). The molecule has 0 spiro atoms. The number of fused-ring (bicyclic) bond motifs is 1. The van der Waals surface area contributed by atoms with Crippen molar-refractivity contribution in [1.29, 1.82) is 0 Å². The predicted molar refractivity (Wildman–Crippen MR) is 102 cm³/mol. The molecule has 0 radical (unpaired) electrons. The Morgan fingerprint density at radius 2 is 2.25 bits per heavy atom. The molecule has 3 heterocycles. The van der Waals surface area contributed by atoms with E-state index in [4.69, 9.17) is 4.74 Å². The average molecular weight is 336 g/mol. The van der Waals surface area contributed by atoms with Crippen molar-refractivity contribution in [3.63, 3.8) is 0 Å². The molecule has 4 heteroatoms. The van der Waals surface area contributed by atoms with Crippen molar-refractivity contribution in [3.8, 4) is 5.75 Å². The molecule has 0 atom stereocenters. The van der Waals surface area contributed by atoms with E-state index < -0.39 is 0 Å². The molecule has 1 aliphatic rings. The van der Waals surface area contributed by atoms with E-state index in [1.165, 1.54) is 33.4 Å². The van der Waals surface area contributed by atoms with E-state index in [1.807, 2.05) is 30.9 Å². The fourth-order valence-electron chi connectivity index (χ4n) is 3.11. The molecular weight excluding hydrogens is 316 g/mol. The molecular formula is C20H20N2OS. The highest BCUT2D eigenvalue weighted by molar-refractivity contribution is 8.02. The standard InChI is InChI=1S/C20H20N2OS/c1-2-23-18-5-3-4-14(9-18)8-17-12-22-20-19(17)10-16(11-21-20)15-6-7-24-13-15/h3-5,9-13H,2,6-8H2,1H3,(H,21,22). The van der Waals surface area contributed by atoms with Crippen LogP contribution in [0.1, 0.15) is 30.0 Å². The lowest BCUT2D eigenvalue weighted by Gasteiger charge is -2.06. The Morgan fingerprint density at radius 1 is 1.29 bits per heavy atom. The van der Waals surface area contributed by atoms with Crippen molar-refractivity contribution in [2.45, 2.75) is 19.8 Å². The maximum absolute atomic E-state index is 5.61. The number of H-pyrrole nitrogens is 1. The Kier molecular flexibility index (Phi) is 4.30. The maximum Gasteiger partial charge on any atom is 0.137 e. The number of rotatable bonds is 5. The summed E-state index contributed by atoms with van der Waals surface area (Å²) in [5.41, 5.74) is 6.14. The number of hydrogen-bond acceptors (Lipinski definition) is 3. The van der Waals surface area contributed by atoms with E-state index in [9.17, 15) is 0 Å². The van der Waals surface area contributed by atoms with Gasteiger partial charge in [-0.25, -0.2) is 4.98 Å². The second kappa shape index (κ2) is 6.73. The zero-order chi connectivity index (χ0) is 16.4. The monoisotopic (exact) mass is 336 g/mol. The van der Waals surface area contributed by atoms with Crippen LogP contribution in [0, 0.1) is 0 Å². The molecule has 0 saturated carbocycles. The molecule has 122 valence electrons. The lowest BCUT2D eigenvalue weighted by molar-refractivity contribution is 0.340. The van der Waals surface area contributed by atoms with Crippen molar-refractivity contribution in [3.05, 3.63) is 64.8 Å². The van der Waals surface area contributed by atoms with Crippen LogP contribution in [0.3, 0.4) is 0 Å². The van der Waals surface area contributed by atoms with Crippen LogP contribution in [0.25, 0.3) is 16.6 Å². The van der Waals surface area contributed by atoms with Gasteiger partial charge in [-0.05, 0) is 65.6 Å². The number of hydrogen-bond donors (Lipinski definition) is 1. The van der Waals surface area contributed by atoms with Gasteiger partial charge in [0.05, 0.1) is 6.61 Å². The van der Waals surface area contributed by atoms with Crippen molar-refractivity contribution in [2.24, 2.45) is 0 Å². The molecule has 0 saturated heterocycles. The minimum absolute atomic E-state index is 0.691. The van der Waals surface area contributed by atoms with Gasteiger partial charge in [0.15, 0.2) is 0 Å². The van der Waals surface area contributed by atoms with Crippen LogP contribution in [-0.4, -0.2) is 22.3 Å². The first kappa shape index (κ1) is 15.3. The van der Waals surface area contributed by atoms with Gasteiger partial charge in [-0.15, -0.1) is 11.8 Å². The quantitative estimate of drug-likeness (QED) is 0.710. The van der Waals surface area contributed by atoms with Crippen molar-refractivity contribution < 1.29 is 4.74 Å². The molecule has 1 aromatic carbocycles. The largest absolute Gasteiger partial charge is 0.494 e. The van der Waals surface area contributed by atoms with E-state index >= 15 is 0 Å². The fraction of sp³-hybridized carbons (Fsp3) is 0.250. The van der Waals surface area contributed by atoms with Gasteiger partial charge in [-0.2, -0.15) is 0 Å². The van der Waals surface area contributed by atoms with Gasteiger partial charge in [-0.3, -0.25) is 0 Å². The number of aromatic nitrogens is 2. The minimum atomic E-state index is 0.691. The van der Waals surface area contributed by atoms with Gasteiger partial charge in [0, 0.05) is 23.5 Å². The number of nitrogens with zero attached hydrogens (tertiary/aromatic N) is 1. The van der Waals surface area contributed by atoms with E-state index in [1.54, 1.807) is 0 Å². The Hall–Kier alpha value is -2.20. The van der Waals surface area contributed by atoms with E-state index in [-0.39, 0.29) is 0 Å². The Bertz CT molecular complexity index is 898. The third-order valence-corrected chi connectivity index (χ3v) is 5.20. The van der Waals surface area contributed by atoms with Crippen molar-refractivity contribution >= 4 is 28.4 Å². The summed E-state index contributed by atoms with van der Waals surface area (Å²) >= 11 is 1.89. The van der Waals surface area contributed by atoms with E-state index in [0.717, 1.165) is 24.2 Å². The smallest absolute Gasteiger partial charge is 0.137 e. The first-order chi connectivity index (χ1) is 11.8. The molecule has 0 amide bonds. The molecule has 0 fully saturated rings. The van der Waals surface area contributed by atoms with Gasteiger partial charge in [0.25, 0.3) is 0 Å². The number of ether oxygens (including phenoxy) is 1. The fourth-order valence-corrected chi connectivity index (χ4v) is 4.02. The number of pyridine rings is 1. The van der Waals surface area contributed by atoms with E-state index in [2.05, 4.69) is 45.8 Å². The van der Waals surface area contributed by atoms with Crippen LogP contribution >= 0.6 is 11.8 Å². The number of thioether (sulfide) groups is 1. The van der Waals surface area contributed by atoms with E-state index in [0.29, 0.717) is 6.61 Å². The average Bonchev–Trinajstić information content (AvgIpc) is 3.26. The SMILES string of the molecule is CCOc1cccc(Cc2c[nH]c3ncc(C4=CSCC4)cc23)c1. The lowest BCUT2D eigenvalue weighted by atomic mass is 10.0. The van der Waals surface area contributed by atoms with Crippen LogP contribution in [0.2, 0.25) is 0 Å². The van der Waals surface area contributed by atoms with Crippen molar-refractivity contribution in [1.82, 2.24) is 9.97 Å². The van der Waals surface area contributed by atoms with Gasteiger partial charge in [0.2, 0.25) is 0 Å². The molecule has 0 aliphatic carbocycles. The highest BCUT2D eigenvalue weighted by Gasteiger charge is 2.12. The number of benzene rings is 1. The van der Waals surface area contributed by atoms with Crippen molar-refractivity contribution in [2.75, 3.05) is 12.4 Å². The lowest BCUT2D eigenvalue weighted by Crippen LogP contribution is -1.93. The molecule has 1 aliphatic heterocycles. The zero-order valence-corrected chi connectivity index (χ0v) is 14.5. The number of nitrogens with one attached hydrogen (secondary N) is 1. The summed E-state index contributed by atoms with van der Waals surface area (Å²) in [5.74, 6) is 2.11. The van der Waals surface area contributed by atoms with Gasteiger partial charge < -0.3 is 9.72 Å². The molecule has 0 bridgehead atoms. The highest BCUT2D eigenvalue weighted by atomic mass is 32.2. The Balaban J connectivity index is 1.66. The second-order valence-corrected chi connectivity index (χ2v) is 6.93. The first-order valence-corrected chi connectivity index (χ1v) is 9.37. The number of allylic oxidation sites excluding steroid dienone is 1. The minimum Gasteiger partial charge on any atom is -0.494 e. The van der Waals surface area contributed by atoms with Crippen LogP contribution in [0.15, 0.2) is 48.1 Å². The van der Waals surface area contributed by atoms with Crippen LogP contribution in [-0.2, 0) is 6.42 Å². The third kappa shape index (κ3) is 3.06. The molecule has 0 unspecified atom stereocenters. The Morgan fingerprint density at radius 3 is 3.08 bits per heavy atom. The summed E-state index contributed by atoms with van der Waals surface area (Å²) in [4.78, 5) is 7.90. The number of aromatic amines is 1. The highest BCUT2D eigenvalue weighted by Crippen LogP contribution is 2.32. The maximum atomic E-state index is 5.61. The van der Waals surface area contributed by atoms with Crippen LogP contribution in [0.4, 0.5) is 0 Å². The topological polar surface area (TPSA) is 37.9 Å².